The van der Waals surface area contributed by atoms with Gasteiger partial charge in [0.15, 0.2) is 6.16 Å². The summed E-state index contributed by atoms with van der Waals surface area (Å²) in [6.45, 7) is 6.86. The van der Waals surface area contributed by atoms with E-state index in [0.717, 1.165) is 6.16 Å². The third kappa shape index (κ3) is 17.6. The van der Waals surface area contributed by atoms with Gasteiger partial charge in [-0.25, -0.2) is 4.79 Å². The van der Waals surface area contributed by atoms with Gasteiger partial charge >= 0.3 is 5.97 Å². The lowest BCUT2D eigenvalue weighted by Gasteiger charge is -2.27. The van der Waals surface area contributed by atoms with E-state index in [0.29, 0.717) is 0 Å². The van der Waals surface area contributed by atoms with Crippen molar-refractivity contribution in [3.05, 3.63) is 0 Å². The predicted molar refractivity (Wildman–Crippen MR) is 139 cm³/mol. The smallest absolute Gasteiger partial charge is 0.343 e. The maximum atomic E-state index is 12.4. The molecule has 0 amide bonds. The molecule has 0 atom stereocenters. The Balaban J connectivity index is 4.72. The average Bonchev–Trinajstić information content (AvgIpc) is 2.75. The van der Waals surface area contributed by atoms with Gasteiger partial charge in [-0.1, -0.05) is 97.8 Å². The number of unbranched alkanes of at least 4 members (excludes halogenated alkanes) is 15. The summed E-state index contributed by atoms with van der Waals surface area (Å²) in [5, 5.41) is 0. The highest BCUT2D eigenvalue weighted by atomic mass is 31.2. The van der Waals surface area contributed by atoms with Gasteiger partial charge in [-0.3, -0.25) is 0 Å². The first-order valence-corrected chi connectivity index (χ1v) is 16.1. The summed E-state index contributed by atoms with van der Waals surface area (Å²) < 4.78 is 5.17. The van der Waals surface area contributed by atoms with Crippen LogP contribution in [0.1, 0.15) is 136 Å². The first-order chi connectivity index (χ1) is 14.6. The Bertz CT molecular complexity index is 329. The fraction of sp³-hybridized carbons (Fsp3) is 0.963. The molecule has 0 bridgehead atoms. The minimum Gasteiger partial charge on any atom is -0.466 e. The van der Waals surface area contributed by atoms with Crippen LogP contribution in [0, 0.1) is 0 Å². The number of hydrogen-bond acceptors (Lipinski definition) is 2. The van der Waals surface area contributed by atoms with Crippen LogP contribution in [0.4, 0.5) is 0 Å². The fourth-order valence-electron chi connectivity index (χ4n) is 4.59. The van der Waals surface area contributed by atoms with Crippen LogP contribution in [-0.2, 0) is 9.53 Å². The van der Waals surface area contributed by atoms with E-state index in [-0.39, 0.29) is 5.97 Å². The van der Waals surface area contributed by atoms with Crippen LogP contribution in [0.3, 0.4) is 0 Å². The molecule has 0 aromatic carbocycles. The molecule has 0 spiro atoms. The number of rotatable bonds is 23. The zero-order chi connectivity index (χ0) is 22.3. The molecule has 0 aliphatic rings. The topological polar surface area (TPSA) is 26.3 Å². The normalized spacial score (nSPS) is 11.7. The van der Waals surface area contributed by atoms with Crippen LogP contribution in [0.2, 0.25) is 0 Å². The highest BCUT2D eigenvalue weighted by Crippen LogP contribution is 2.60. The highest BCUT2D eigenvalue weighted by molar-refractivity contribution is 7.76. The second kappa shape index (κ2) is 22.1. The van der Waals surface area contributed by atoms with Gasteiger partial charge in [0.1, 0.15) is 0 Å². The summed E-state index contributed by atoms with van der Waals surface area (Å²) in [4.78, 5) is 12.4. The standard InChI is InChI=1S/C27H56O2P/c1-5-8-11-14-17-20-23-30(26-27(28)29-4,24-21-18-15-12-9-6-2)25-22-19-16-13-10-7-3/h5-26H2,1-4H3/q+1. The zero-order valence-corrected chi connectivity index (χ0v) is 22.2. The van der Waals surface area contributed by atoms with Crippen LogP contribution in [-0.4, -0.2) is 37.7 Å². The van der Waals surface area contributed by atoms with Gasteiger partial charge in [-0.05, 0) is 38.5 Å². The van der Waals surface area contributed by atoms with E-state index in [1.165, 1.54) is 134 Å². The Labute approximate surface area is 191 Å². The van der Waals surface area contributed by atoms with Gasteiger partial charge in [0.2, 0.25) is 0 Å². The van der Waals surface area contributed by atoms with Gasteiger partial charge in [-0.15, -0.1) is 0 Å². The monoisotopic (exact) mass is 443 g/mol. The number of methoxy groups -OCH3 is 1. The number of ether oxygens (including phenoxy) is 1. The lowest BCUT2D eigenvalue weighted by atomic mass is 10.1. The number of carbonyl (C=O) groups is 1. The lowest BCUT2D eigenvalue weighted by molar-refractivity contribution is -0.137. The molecular formula is C27H56O2P+. The molecule has 0 N–H and O–H groups in total. The van der Waals surface area contributed by atoms with Crippen molar-refractivity contribution in [2.45, 2.75) is 136 Å². The van der Waals surface area contributed by atoms with Crippen molar-refractivity contribution < 1.29 is 9.53 Å². The predicted octanol–water partition coefficient (Wildman–Crippen LogP) is 9.26. The van der Waals surface area contributed by atoms with Crippen molar-refractivity contribution in [2.75, 3.05) is 31.8 Å². The van der Waals surface area contributed by atoms with E-state index >= 15 is 0 Å². The summed E-state index contributed by atoms with van der Waals surface area (Å²) in [5.41, 5.74) is 0. The molecule has 0 heterocycles. The molecule has 2 nitrogen and oxygen atoms in total. The fourth-order valence-corrected chi connectivity index (χ4v) is 9.10. The molecule has 0 saturated carbocycles. The maximum absolute atomic E-state index is 12.4. The largest absolute Gasteiger partial charge is 0.466 e. The molecule has 0 fully saturated rings. The summed E-state index contributed by atoms with van der Waals surface area (Å²) in [6, 6.07) is 0. The first kappa shape index (κ1) is 29.9. The van der Waals surface area contributed by atoms with Crippen LogP contribution in [0.25, 0.3) is 0 Å². The van der Waals surface area contributed by atoms with Gasteiger partial charge < -0.3 is 4.74 Å². The van der Waals surface area contributed by atoms with Gasteiger partial charge in [0.05, 0.1) is 25.6 Å². The molecule has 0 radical (unpaired) electrons. The zero-order valence-electron chi connectivity index (χ0n) is 21.3. The van der Waals surface area contributed by atoms with Crippen LogP contribution >= 0.6 is 7.26 Å². The van der Waals surface area contributed by atoms with Crippen molar-refractivity contribution in [1.29, 1.82) is 0 Å². The van der Waals surface area contributed by atoms with Crippen molar-refractivity contribution >= 4 is 13.2 Å². The van der Waals surface area contributed by atoms with E-state index < -0.39 is 7.26 Å². The SMILES string of the molecule is CCCCCCCC[P+](CCCCCCCC)(CCCCCCCC)CC(=O)OC. The minimum atomic E-state index is -1.21. The molecule has 0 aliphatic carbocycles. The Hall–Kier alpha value is -0.100. The molecular weight excluding hydrogens is 387 g/mol. The van der Waals surface area contributed by atoms with E-state index in [9.17, 15) is 4.79 Å². The van der Waals surface area contributed by atoms with Crippen molar-refractivity contribution in [2.24, 2.45) is 0 Å². The van der Waals surface area contributed by atoms with E-state index in [1.54, 1.807) is 7.11 Å². The molecule has 0 aromatic heterocycles. The Morgan fingerprint density at radius 3 is 1.13 bits per heavy atom. The van der Waals surface area contributed by atoms with Gasteiger partial charge in [0, 0.05) is 7.26 Å². The second-order valence-corrected chi connectivity index (χ2v) is 13.9. The number of esters is 1. The van der Waals surface area contributed by atoms with Crippen LogP contribution < -0.4 is 0 Å². The maximum Gasteiger partial charge on any atom is 0.343 e. The molecule has 0 saturated heterocycles. The highest BCUT2D eigenvalue weighted by Gasteiger charge is 2.38. The van der Waals surface area contributed by atoms with E-state index in [1.807, 2.05) is 0 Å². The summed E-state index contributed by atoms with van der Waals surface area (Å²) >= 11 is 0. The van der Waals surface area contributed by atoms with E-state index in [4.69, 9.17) is 4.74 Å². The molecule has 0 unspecified atom stereocenters. The second-order valence-electron chi connectivity index (χ2n) is 9.55. The van der Waals surface area contributed by atoms with Gasteiger partial charge in [-0.2, -0.15) is 0 Å². The molecule has 30 heavy (non-hydrogen) atoms. The molecule has 0 rings (SSSR count). The van der Waals surface area contributed by atoms with Gasteiger partial charge in [0.25, 0.3) is 0 Å². The summed E-state index contributed by atoms with van der Waals surface area (Å²) in [7, 11) is 0.371. The third-order valence-corrected chi connectivity index (χ3v) is 11.4. The molecule has 0 aromatic rings. The number of hydrogen-bond donors (Lipinski definition) is 0. The quantitative estimate of drug-likeness (QED) is 0.0893. The first-order valence-electron chi connectivity index (χ1n) is 13.6. The average molecular weight is 444 g/mol. The summed E-state index contributed by atoms with van der Waals surface area (Å²) in [6.07, 6.45) is 29.2. The lowest BCUT2D eigenvalue weighted by Crippen LogP contribution is -2.19. The van der Waals surface area contributed by atoms with Crippen LogP contribution in [0.5, 0.6) is 0 Å². The van der Waals surface area contributed by atoms with E-state index in [2.05, 4.69) is 20.8 Å². The molecule has 3 heteroatoms. The van der Waals surface area contributed by atoms with Crippen molar-refractivity contribution in [1.82, 2.24) is 0 Å². The third-order valence-electron chi connectivity index (χ3n) is 6.65. The Kier molecular flexibility index (Phi) is 22.0. The summed E-state index contributed by atoms with van der Waals surface area (Å²) in [5.74, 6) is 0.0614. The molecule has 180 valence electrons. The Morgan fingerprint density at radius 2 is 0.833 bits per heavy atom. The molecule has 0 aliphatic heterocycles. The van der Waals surface area contributed by atoms with Crippen LogP contribution in [0.15, 0.2) is 0 Å². The van der Waals surface area contributed by atoms with Crippen molar-refractivity contribution in [3.8, 4) is 0 Å². The number of carbonyl (C=O) groups excluding carboxylic acids is 1. The Morgan fingerprint density at radius 1 is 0.533 bits per heavy atom. The van der Waals surface area contributed by atoms with Crippen molar-refractivity contribution in [3.63, 3.8) is 0 Å². The minimum absolute atomic E-state index is 0.0614.